The van der Waals surface area contributed by atoms with Gasteiger partial charge in [-0.3, -0.25) is 0 Å². The molecule has 0 heterocycles. The minimum absolute atomic E-state index is 0.253. The molecule has 1 aromatic carbocycles. The minimum Gasteiger partial charge on any atom is -0.396 e. The van der Waals surface area contributed by atoms with Gasteiger partial charge in [0.05, 0.1) is 5.69 Å². The molecule has 0 aromatic heterocycles. The first-order valence-corrected chi connectivity index (χ1v) is 3.65. The Balaban J connectivity index is 2.36. The van der Waals surface area contributed by atoms with Gasteiger partial charge in [-0.2, -0.15) is 0 Å². The maximum atomic E-state index is 12.6. The average Bonchev–Trinajstić information content (AvgIpc) is 2.77. The molecule has 0 spiro atoms. The van der Waals surface area contributed by atoms with Gasteiger partial charge in [-0.25, -0.2) is 4.39 Å². The number of hydrogen-bond acceptors (Lipinski definition) is 1. The quantitative estimate of drug-likeness (QED) is 0.609. The highest BCUT2D eigenvalue weighted by Crippen LogP contribution is 2.39. The molecule has 1 nitrogen and oxygen atoms in total. The molecular formula is C9H9FN. The lowest BCUT2D eigenvalue weighted by Gasteiger charge is -1.99. The van der Waals surface area contributed by atoms with E-state index in [1.54, 1.807) is 12.1 Å². The second-order valence-corrected chi connectivity index (χ2v) is 2.86. The molecule has 2 heteroatoms. The van der Waals surface area contributed by atoms with Crippen LogP contribution in [0.1, 0.15) is 17.9 Å². The summed E-state index contributed by atoms with van der Waals surface area (Å²) >= 11 is 0. The second-order valence-electron chi connectivity index (χ2n) is 2.86. The number of anilines is 1. The molecular weight excluding hydrogens is 141 g/mol. The van der Waals surface area contributed by atoms with E-state index in [4.69, 9.17) is 5.73 Å². The second kappa shape index (κ2) is 2.22. The molecule has 1 unspecified atom stereocenters. The fourth-order valence-electron chi connectivity index (χ4n) is 1.13. The van der Waals surface area contributed by atoms with Gasteiger partial charge in [0.2, 0.25) is 0 Å². The lowest BCUT2D eigenvalue weighted by atomic mass is 10.1. The third kappa shape index (κ3) is 1.20. The SMILES string of the molecule is Nc1cc(C2[CH]C2)ccc1F. The molecule has 1 aliphatic carbocycles. The van der Waals surface area contributed by atoms with Crippen LogP contribution in [0, 0.1) is 12.2 Å². The smallest absolute Gasteiger partial charge is 0.146 e. The molecule has 1 atom stereocenters. The van der Waals surface area contributed by atoms with Gasteiger partial charge >= 0.3 is 0 Å². The lowest BCUT2D eigenvalue weighted by Crippen LogP contribution is -1.91. The van der Waals surface area contributed by atoms with E-state index in [9.17, 15) is 4.39 Å². The van der Waals surface area contributed by atoms with Crippen molar-refractivity contribution in [1.29, 1.82) is 0 Å². The van der Waals surface area contributed by atoms with E-state index < -0.39 is 0 Å². The van der Waals surface area contributed by atoms with Gasteiger partial charge in [-0.1, -0.05) is 6.07 Å². The lowest BCUT2D eigenvalue weighted by molar-refractivity contribution is 0.632. The Labute approximate surface area is 65.0 Å². The zero-order chi connectivity index (χ0) is 7.84. The number of halogens is 1. The predicted molar refractivity (Wildman–Crippen MR) is 42.5 cm³/mol. The Kier molecular flexibility index (Phi) is 1.34. The van der Waals surface area contributed by atoms with Crippen LogP contribution in [0.2, 0.25) is 0 Å². The topological polar surface area (TPSA) is 26.0 Å². The summed E-state index contributed by atoms with van der Waals surface area (Å²) in [6, 6.07) is 4.93. The molecule has 11 heavy (non-hydrogen) atoms. The number of nitrogens with two attached hydrogens (primary N) is 1. The van der Waals surface area contributed by atoms with Crippen molar-refractivity contribution in [2.45, 2.75) is 12.3 Å². The molecule has 1 radical (unpaired) electrons. The van der Waals surface area contributed by atoms with Crippen LogP contribution in [0.5, 0.6) is 0 Å². The van der Waals surface area contributed by atoms with Gasteiger partial charge in [0, 0.05) is 0 Å². The Bertz CT molecular complexity index is 279. The van der Waals surface area contributed by atoms with E-state index in [0.717, 1.165) is 12.0 Å². The highest BCUT2D eigenvalue weighted by atomic mass is 19.1. The normalized spacial score (nSPS) is 16.8. The molecule has 57 valence electrons. The molecule has 1 saturated carbocycles. The van der Waals surface area contributed by atoms with Crippen LogP contribution in [0.15, 0.2) is 18.2 Å². The molecule has 0 saturated heterocycles. The molecule has 2 N–H and O–H groups in total. The van der Waals surface area contributed by atoms with Gasteiger partial charge in [0.15, 0.2) is 0 Å². The largest absolute Gasteiger partial charge is 0.396 e. The summed E-state index contributed by atoms with van der Waals surface area (Å²) in [6.07, 6.45) is 3.28. The number of rotatable bonds is 1. The van der Waals surface area contributed by atoms with Crippen molar-refractivity contribution < 1.29 is 4.39 Å². The molecule has 2 rings (SSSR count). The Morgan fingerprint density at radius 3 is 2.73 bits per heavy atom. The maximum absolute atomic E-state index is 12.6. The highest BCUT2D eigenvalue weighted by molar-refractivity contribution is 5.45. The first kappa shape index (κ1) is 6.65. The summed E-state index contributed by atoms with van der Waals surface area (Å²) in [5.41, 5.74) is 6.78. The summed E-state index contributed by atoms with van der Waals surface area (Å²) in [5, 5.41) is 0. The third-order valence-corrected chi connectivity index (χ3v) is 1.92. The molecule has 0 aliphatic heterocycles. The minimum atomic E-state index is -0.325. The van der Waals surface area contributed by atoms with Crippen LogP contribution in [-0.2, 0) is 0 Å². The van der Waals surface area contributed by atoms with Gasteiger partial charge in [0.1, 0.15) is 5.82 Å². The van der Waals surface area contributed by atoms with E-state index in [-0.39, 0.29) is 11.5 Å². The van der Waals surface area contributed by atoms with E-state index in [2.05, 4.69) is 6.42 Å². The summed E-state index contributed by atoms with van der Waals surface area (Å²) in [5.74, 6) is 0.201. The average molecular weight is 150 g/mol. The van der Waals surface area contributed by atoms with Crippen LogP contribution >= 0.6 is 0 Å². The molecule has 0 amide bonds. The van der Waals surface area contributed by atoms with Crippen LogP contribution in [0.4, 0.5) is 10.1 Å². The maximum Gasteiger partial charge on any atom is 0.146 e. The summed E-state index contributed by atoms with van der Waals surface area (Å²) in [7, 11) is 0. The Morgan fingerprint density at radius 2 is 2.18 bits per heavy atom. The van der Waals surface area contributed by atoms with Crippen LogP contribution in [0.3, 0.4) is 0 Å². The standard InChI is InChI=1S/C9H9FN/c10-8-4-3-7(5-9(8)11)6-1-2-6/h1,3-6H,2,11H2. The fourth-order valence-corrected chi connectivity index (χ4v) is 1.13. The Hall–Kier alpha value is -1.05. The first-order chi connectivity index (χ1) is 5.27. The van der Waals surface area contributed by atoms with E-state index in [1.165, 1.54) is 6.07 Å². The fraction of sp³-hybridized carbons (Fsp3) is 0.222. The van der Waals surface area contributed by atoms with Crippen molar-refractivity contribution in [2.75, 3.05) is 5.73 Å². The zero-order valence-electron chi connectivity index (χ0n) is 6.05. The predicted octanol–water partition coefficient (Wildman–Crippen LogP) is 2.10. The summed E-state index contributed by atoms with van der Waals surface area (Å²) in [6.45, 7) is 0. The van der Waals surface area contributed by atoms with Gasteiger partial charge in [0.25, 0.3) is 0 Å². The van der Waals surface area contributed by atoms with Crippen LogP contribution in [0.25, 0.3) is 0 Å². The van der Waals surface area contributed by atoms with E-state index in [0.29, 0.717) is 5.92 Å². The monoisotopic (exact) mass is 150 g/mol. The van der Waals surface area contributed by atoms with Gasteiger partial charge in [-0.05, 0) is 36.5 Å². The summed E-state index contributed by atoms with van der Waals surface area (Å²) in [4.78, 5) is 0. The van der Waals surface area contributed by atoms with Crippen molar-refractivity contribution in [3.05, 3.63) is 36.0 Å². The molecule has 1 aromatic rings. The number of nitrogen functional groups attached to an aromatic ring is 1. The van der Waals surface area contributed by atoms with E-state index in [1.807, 2.05) is 0 Å². The number of benzene rings is 1. The van der Waals surface area contributed by atoms with Crippen molar-refractivity contribution in [3.63, 3.8) is 0 Å². The first-order valence-electron chi connectivity index (χ1n) is 3.65. The number of hydrogen-bond donors (Lipinski definition) is 1. The third-order valence-electron chi connectivity index (χ3n) is 1.92. The Morgan fingerprint density at radius 1 is 1.45 bits per heavy atom. The van der Waals surface area contributed by atoms with Crippen molar-refractivity contribution in [3.8, 4) is 0 Å². The van der Waals surface area contributed by atoms with E-state index >= 15 is 0 Å². The molecule has 0 bridgehead atoms. The highest BCUT2D eigenvalue weighted by Gasteiger charge is 2.24. The van der Waals surface area contributed by atoms with Crippen molar-refractivity contribution in [1.82, 2.24) is 0 Å². The van der Waals surface area contributed by atoms with Crippen molar-refractivity contribution >= 4 is 5.69 Å². The summed E-state index contributed by atoms with van der Waals surface area (Å²) < 4.78 is 12.6. The molecule has 1 aliphatic rings. The molecule has 1 fully saturated rings. The zero-order valence-corrected chi connectivity index (χ0v) is 6.05. The van der Waals surface area contributed by atoms with Gasteiger partial charge < -0.3 is 5.73 Å². The van der Waals surface area contributed by atoms with Gasteiger partial charge in [-0.15, -0.1) is 0 Å². The van der Waals surface area contributed by atoms with Crippen molar-refractivity contribution in [2.24, 2.45) is 0 Å². The van der Waals surface area contributed by atoms with Crippen LogP contribution < -0.4 is 5.73 Å². The van der Waals surface area contributed by atoms with Crippen LogP contribution in [-0.4, -0.2) is 0 Å².